The molecule has 0 aromatic heterocycles. The van der Waals surface area contributed by atoms with Gasteiger partial charge in [0.05, 0.1) is 11.4 Å². The molecule has 1 aromatic rings. The maximum absolute atomic E-state index is 13.0. The molecule has 5 heteroatoms. The van der Waals surface area contributed by atoms with Crippen molar-refractivity contribution in [3.63, 3.8) is 0 Å². The Hall–Kier alpha value is -1.35. The van der Waals surface area contributed by atoms with Crippen molar-refractivity contribution in [1.29, 1.82) is 0 Å². The minimum absolute atomic E-state index is 0.0225. The first-order valence-electron chi connectivity index (χ1n) is 7.30. The summed E-state index contributed by atoms with van der Waals surface area (Å²) in [4.78, 5) is 0.284. The van der Waals surface area contributed by atoms with Gasteiger partial charge in [0, 0.05) is 17.6 Å². The predicted octanol–water partition coefficient (Wildman–Crippen LogP) is 1.95. The molecule has 1 aromatic carbocycles. The van der Waals surface area contributed by atoms with Crippen LogP contribution in [0.15, 0.2) is 29.2 Å². The van der Waals surface area contributed by atoms with Crippen molar-refractivity contribution < 1.29 is 8.42 Å². The molecule has 1 heterocycles. The van der Waals surface area contributed by atoms with Gasteiger partial charge in [0.25, 0.3) is 0 Å². The molecule has 0 aliphatic carbocycles. The van der Waals surface area contributed by atoms with Crippen molar-refractivity contribution in [1.82, 2.24) is 4.31 Å². The zero-order chi connectivity index (χ0) is 15.5. The summed E-state index contributed by atoms with van der Waals surface area (Å²) in [6, 6.07) is 6.93. The Bertz CT molecular complexity index is 648. The second kappa shape index (κ2) is 6.61. The van der Waals surface area contributed by atoms with Crippen LogP contribution in [0, 0.1) is 11.8 Å². The lowest BCUT2D eigenvalue weighted by Gasteiger charge is -2.37. The molecular weight excluding hydrogens is 284 g/mol. The first kappa shape index (κ1) is 16.0. The van der Waals surface area contributed by atoms with Crippen molar-refractivity contribution in [2.75, 3.05) is 6.54 Å². The first-order valence-corrected chi connectivity index (χ1v) is 8.74. The summed E-state index contributed by atoms with van der Waals surface area (Å²) in [5, 5.41) is 0. The van der Waals surface area contributed by atoms with Gasteiger partial charge in [-0.1, -0.05) is 30.4 Å². The summed E-state index contributed by atoms with van der Waals surface area (Å²) in [7, 11) is -3.53. The van der Waals surface area contributed by atoms with E-state index in [-0.39, 0.29) is 23.5 Å². The predicted molar refractivity (Wildman–Crippen MR) is 84.2 cm³/mol. The van der Waals surface area contributed by atoms with Crippen molar-refractivity contribution >= 4 is 10.0 Å². The number of nitrogens with zero attached hydrogens (tertiary/aromatic N) is 1. The van der Waals surface area contributed by atoms with Crippen LogP contribution in [0.4, 0.5) is 0 Å². The van der Waals surface area contributed by atoms with Gasteiger partial charge in [-0.15, -0.1) is 0 Å². The quantitative estimate of drug-likeness (QED) is 0.849. The van der Waals surface area contributed by atoms with E-state index in [2.05, 4.69) is 11.8 Å². The first-order chi connectivity index (χ1) is 9.98. The SMILES string of the molecule is C[C@@H]1CCC[C@H](C)N1S(=O)(=O)c1ccccc1C#CCN. The van der Waals surface area contributed by atoms with Crippen LogP contribution in [0.5, 0.6) is 0 Å². The molecule has 0 saturated carbocycles. The van der Waals surface area contributed by atoms with Crippen LogP contribution >= 0.6 is 0 Å². The van der Waals surface area contributed by atoms with E-state index < -0.39 is 10.0 Å². The zero-order valence-corrected chi connectivity index (χ0v) is 13.4. The van der Waals surface area contributed by atoms with Crippen LogP contribution < -0.4 is 5.73 Å². The molecule has 2 N–H and O–H groups in total. The molecule has 2 rings (SSSR count). The summed E-state index contributed by atoms with van der Waals surface area (Å²) in [5.74, 6) is 5.60. The highest BCUT2D eigenvalue weighted by molar-refractivity contribution is 7.89. The van der Waals surface area contributed by atoms with Crippen LogP contribution in [-0.2, 0) is 10.0 Å². The average Bonchev–Trinajstić information content (AvgIpc) is 2.45. The topological polar surface area (TPSA) is 63.4 Å². The Morgan fingerprint density at radius 2 is 1.86 bits per heavy atom. The lowest BCUT2D eigenvalue weighted by Crippen LogP contribution is -2.47. The van der Waals surface area contributed by atoms with Crippen LogP contribution in [0.25, 0.3) is 0 Å². The number of sulfonamides is 1. The second-order valence-corrected chi connectivity index (χ2v) is 7.28. The lowest BCUT2D eigenvalue weighted by atomic mass is 10.0. The average molecular weight is 306 g/mol. The molecule has 0 spiro atoms. The number of hydrogen-bond donors (Lipinski definition) is 1. The molecule has 1 fully saturated rings. The van der Waals surface area contributed by atoms with E-state index in [4.69, 9.17) is 5.73 Å². The Kier molecular flexibility index (Phi) is 5.04. The number of rotatable bonds is 2. The van der Waals surface area contributed by atoms with Gasteiger partial charge in [-0.2, -0.15) is 4.31 Å². The van der Waals surface area contributed by atoms with E-state index in [0.717, 1.165) is 19.3 Å². The monoisotopic (exact) mass is 306 g/mol. The molecule has 1 aliphatic rings. The third-order valence-electron chi connectivity index (χ3n) is 3.88. The highest BCUT2D eigenvalue weighted by atomic mass is 32.2. The summed E-state index contributed by atoms with van der Waals surface area (Å²) < 4.78 is 27.7. The fraction of sp³-hybridized carbons (Fsp3) is 0.500. The van der Waals surface area contributed by atoms with Crippen LogP contribution in [0.2, 0.25) is 0 Å². The van der Waals surface area contributed by atoms with Gasteiger partial charge >= 0.3 is 0 Å². The fourth-order valence-corrected chi connectivity index (χ4v) is 4.96. The van der Waals surface area contributed by atoms with Crippen LogP contribution in [0.1, 0.15) is 38.7 Å². The molecule has 0 unspecified atom stereocenters. The standard InChI is InChI=1S/C16H22N2O2S/c1-13-7-5-8-14(2)18(13)21(19,20)16-11-4-3-9-15(16)10-6-12-17/h3-4,9,11,13-14H,5,7-8,12,17H2,1-2H3/t13-,14+. The van der Waals surface area contributed by atoms with Crippen LogP contribution in [-0.4, -0.2) is 31.4 Å². The smallest absolute Gasteiger partial charge is 0.244 e. The molecule has 1 aliphatic heterocycles. The fourth-order valence-electron chi connectivity index (χ4n) is 2.93. The molecule has 2 atom stereocenters. The van der Waals surface area contributed by atoms with Gasteiger partial charge in [0.1, 0.15) is 0 Å². The molecule has 4 nitrogen and oxygen atoms in total. The minimum Gasteiger partial charge on any atom is -0.320 e. The van der Waals surface area contributed by atoms with Gasteiger partial charge in [-0.25, -0.2) is 8.42 Å². The highest BCUT2D eigenvalue weighted by Gasteiger charge is 2.36. The third-order valence-corrected chi connectivity index (χ3v) is 6.07. The minimum atomic E-state index is -3.53. The molecule has 21 heavy (non-hydrogen) atoms. The summed E-state index contributed by atoms with van der Waals surface area (Å²) in [6.07, 6.45) is 2.88. The summed E-state index contributed by atoms with van der Waals surface area (Å²) in [6.45, 7) is 4.16. The van der Waals surface area contributed by atoms with E-state index in [0.29, 0.717) is 5.56 Å². The lowest BCUT2D eigenvalue weighted by molar-refractivity contribution is 0.204. The van der Waals surface area contributed by atoms with E-state index in [1.54, 1.807) is 28.6 Å². The van der Waals surface area contributed by atoms with Gasteiger partial charge in [0.15, 0.2) is 0 Å². The number of benzene rings is 1. The van der Waals surface area contributed by atoms with E-state index in [9.17, 15) is 8.42 Å². The van der Waals surface area contributed by atoms with E-state index in [1.165, 1.54) is 0 Å². The van der Waals surface area contributed by atoms with Gasteiger partial charge in [-0.05, 0) is 38.8 Å². The Balaban J connectivity index is 2.49. The van der Waals surface area contributed by atoms with E-state index >= 15 is 0 Å². The molecule has 0 radical (unpaired) electrons. The van der Waals surface area contributed by atoms with Gasteiger partial charge in [0.2, 0.25) is 10.0 Å². The zero-order valence-electron chi connectivity index (χ0n) is 12.5. The number of piperidine rings is 1. The maximum atomic E-state index is 13.0. The molecule has 1 saturated heterocycles. The van der Waals surface area contributed by atoms with E-state index in [1.807, 2.05) is 13.8 Å². The molecule has 0 amide bonds. The van der Waals surface area contributed by atoms with Crippen molar-refractivity contribution in [3.05, 3.63) is 29.8 Å². The van der Waals surface area contributed by atoms with Crippen molar-refractivity contribution in [3.8, 4) is 11.8 Å². The Morgan fingerprint density at radius 3 is 2.48 bits per heavy atom. The summed E-state index contributed by atoms with van der Waals surface area (Å²) >= 11 is 0. The largest absolute Gasteiger partial charge is 0.320 e. The molecule has 114 valence electrons. The summed E-state index contributed by atoms with van der Waals surface area (Å²) in [5.41, 5.74) is 5.91. The van der Waals surface area contributed by atoms with Crippen LogP contribution in [0.3, 0.4) is 0 Å². The Labute approximate surface area is 127 Å². The van der Waals surface area contributed by atoms with Crippen molar-refractivity contribution in [2.45, 2.75) is 50.1 Å². The number of nitrogens with two attached hydrogens (primary N) is 1. The number of hydrogen-bond acceptors (Lipinski definition) is 3. The Morgan fingerprint density at radius 1 is 1.24 bits per heavy atom. The maximum Gasteiger partial charge on any atom is 0.244 e. The molecular formula is C16H22N2O2S. The van der Waals surface area contributed by atoms with Crippen molar-refractivity contribution in [2.24, 2.45) is 5.73 Å². The second-order valence-electron chi connectivity index (χ2n) is 5.47. The van der Waals surface area contributed by atoms with Gasteiger partial charge < -0.3 is 5.73 Å². The highest BCUT2D eigenvalue weighted by Crippen LogP contribution is 2.30. The normalized spacial score (nSPS) is 23.4. The third kappa shape index (κ3) is 3.29. The molecule has 0 bridgehead atoms. The van der Waals surface area contributed by atoms with Gasteiger partial charge in [-0.3, -0.25) is 0 Å².